The number of carbonyl (C=O) groups is 1. The van der Waals surface area contributed by atoms with Crippen LogP contribution in [0.5, 0.6) is 0 Å². The second-order valence-electron chi connectivity index (χ2n) is 4.63. The van der Waals surface area contributed by atoms with E-state index in [4.69, 9.17) is 10.5 Å². The van der Waals surface area contributed by atoms with Gasteiger partial charge in [-0.2, -0.15) is 0 Å². The van der Waals surface area contributed by atoms with Crippen molar-refractivity contribution in [3.63, 3.8) is 0 Å². The van der Waals surface area contributed by atoms with Crippen LogP contribution in [0.1, 0.15) is 16.1 Å². The summed E-state index contributed by atoms with van der Waals surface area (Å²) in [5.41, 5.74) is 6.60. The summed E-state index contributed by atoms with van der Waals surface area (Å²) in [6.45, 7) is 1.32. The molecule has 1 atom stereocenters. The second-order valence-corrected chi connectivity index (χ2v) is 5.63. The lowest BCUT2D eigenvalue weighted by Crippen LogP contribution is -2.37. The van der Waals surface area contributed by atoms with Gasteiger partial charge in [-0.05, 0) is 18.6 Å². The van der Waals surface area contributed by atoms with Gasteiger partial charge in [-0.1, -0.05) is 0 Å². The van der Waals surface area contributed by atoms with Crippen molar-refractivity contribution in [1.82, 2.24) is 9.88 Å². The van der Waals surface area contributed by atoms with Crippen molar-refractivity contribution in [2.45, 2.75) is 12.5 Å². The summed E-state index contributed by atoms with van der Waals surface area (Å²) < 4.78 is 5.32. The fraction of sp³-hybridized carbons (Fsp3) is 0.385. The number of likely N-dealkylation sites (N-methyl/N-ethyl adjacent to an activating group) is 1. The maximum absolute atomic E-state index is 12.5. The zero-order valence-corrected chi connectivity index (χ0v) is 11.4. The topological polar surface area (TPSA) is 68.5 Å². The highest BCUT2D eigenvalue weighted by molar-refractivity contribution is 7.21. The number of nitrogen functional groups attached to an aromatic ring is 1. The zero-order chi connectivity index (χ0) is 13.4. The Bertz CT molecular complexity index is 619. The number of ether oxygens (including phenoxy) is 1. The van der Waals surface area contributed by atoms with Crippen LogP contribution >= 0.6 is 11.3 Å². The molecule has 2 aromatic heterocycles. The van der Waals surface area contributed by atoms with Crippen molar-refractivity contribution in [3.05, 3.63) is 23.2 Å². The minimum absolute atomic E-state index is 0.0454. The SMILES string of the molecule is CN(C(=O)c1sc2ncccc2c1N)C1CCOC1. The molecule has 0 radical (unpaired) electrons. The molecule has 0 aliphatic carbocycles. The Morgan fingerprint density at radius 1 is 1.63 bits per heavy atom. The van der Waals surface area contributed by atoms with E-state index in [9.17, 15) is 4.79 Å². The first-order chi connectivity index (χ1) is 9.18. The van der Waals surface area contributed by atoms with Crippen LogP contribution in [-0.4, -0.2) is 42.1 Å². The molecule has 0 bridgehead atoms. The van der Waals surface area contributed by atoms with Gasteiger partial charge in [-0.15, -0.1) is 11.3 Å². The lowest BCUT2D eigenvalue weighted by molar-refractivity contribution is 0.0717. The van der Waals surface area contributed by atoms with E-state index in [0.717, 1.165) is 16.6 Å². The third kappa shape index (κ3) is 2.06. The predicted octanol–water partition coefficient (Wildman–Crippen LogP) is 1.74. The number of carbonyl (C=O) groups excluding carboxylic acids is 1. The molecule has 0 spiro atoms. The molecule has 1 amide bonds. The van der Waals surface area contributed by atoms with E-state index in [1.807, 2.05) is 12.1 Å². The number of pyridine rings is 1. The molecule has 1 unspecified atom stereocenters. The van der Waals surface area contributed by atoms with E-state index < -0.39 is 0 Å². The summed E-state index contributed by atoms with van der Waals surface area (Å²) >= 11 is 1.35. The standard InChI is InChI=1S/C13H15N3O2S/c1-16(8-4-6-18-7-8)13(17)11-10(14)9-3-2-5-15-12(9)19-11/h2-3,5,8H,4,6-7,14H2,1H3. The third-order valence-corrected chi connectivity index (χ3v) is 4.59. The van der Waals surface area contributed by atoms with Crippen molar-refractivity contribution in [2.75, 3.05) is 26.0 Å². The number of fused-ring (bicyclic) bond motifs is 1. The molecule has 1 aliphatic heterocycles. The summed E-state index contributed by atoms with van der Waals surface area (Å²) in [6.07, 6.45) is 2.59. The summed E-state index contributed by atoms with van der Waals surface area (Å²) in [7, 11) is 1.80. The zero-order valence-electron chi connectivity index (χ0n) is 10.6. The Hall–Kier alpha value is -1.66. The number of aromatic nitrogens is 1. The second kappa shape index (κ2) is 4.79. The number of hydrogen-bond donors (Lipinski definition) is 1. The van der Waals surface area contributed by atoms with Gasteiger partial charge in [0.15, 0.2) is 0 Å². The monoisotopic (exact) mass is 277 g/mol. The Morgan fingerprint density at radius 2 is 2.47 bits per heavy atom. The summed E-state index contributed by atoms with van der Waals surface area (Å²) in [5.74, 6) is -0.0454. The average molecular weight is 277 g/mol. The van der Waals surface area contributed by atoms with Gasteiger partial charge in [0.25, 0.3) is 5.91 Å². The van der Waals surface area contributed by atoms with Crippen LogP contribution in [0.2, 0.25) is 0 Å². The van der Waals surface area contributed by atoms with E-state index in [2.05, 4.69) is 4.98 Å². The van der Waals surface area contributed by atoms with Crippen molar-refractivity contribution in [1.29, 1.82) is 0 Å². The molecule has 1 aliphatic rings. The fourth-order valence-electron chi connectivity index (χ4n) is 2.26. The highest BCUT2D eigenvalue weighted by Crippen LogP contribution is 2.33. The van der Waals surface area contributed by atoms with Crippen molar-refractivity contribution in [3.8, 4) is 0 Å². The largest absolute Gasteiger partial charge is 0.397 e. The number of thiophene rings is 1. The fourth-order valence-corrected chi connectivity index (χ4v) is 3.31. The molecule has 3 rings (SSSR count). The number of anilines is 1. The molecule has 6 heteroatoms. The Morgan fingerprint density at radius 3 is 3.16 bits per heavy atom. The van der Waals surface area contributed by atoms with Crippen LogP contribution in [0.25, 0.3) is 10.2 Å². The Kier molecular flexibility index (Phi) is 3.12. The molecule has 1 fully saturated rings. The first-order valence-electron chi connectivity index (χ1n) is 6.16. The molecule has 2 aromatic rings. The van der Waals surface area contributed by atoms with Crippen LogP contribution in [0.4, 0.5) is 5.69 Å². The van der Waals surface area contributed by atoms with E-state index in [1.54, 1.807) is 18.1 Å². The highest BCUT2D eigenvalue weighted by Gasteiger charge is 2.27. The minimum atomic E-state index is -0.0454. The van der Waals surface area contributed by atoms with Crippen LogP contribution in [-0.2, 0) is 4.74 Å². The van der Waals surface area contributed by atoms with Gasteiger partial charge in [0.05, 0.1) is 18.3 Å². The Labute approximate surface area is 115 Å². The lowest BCUT2D eigenvalue weighted by Gasteiger charge is -2.22. The molecule has 1 saturated heterocycles. The van der Waals surface area contributed by atoms with Crippen LogP contribution < -0.4 is 5.73 Å². The predicted molar refractivity (Wildman–Crippen MR) is 75.3 cm³/mol. The van der Waals surface area contributed by atoms with Crippen molar-refractivity contribution in [2.24, 2.45) is 0 Å². The van der Waals surface area contributed by atoms with Crippen molar-refractivity contribution < 1.29 is 9.53 Å². The third-order valence-electron chi connectivity index (χ3n) is 3.47. The molecule has 2 N–H and O–H groups in total. The quantitative estimate of drug-likeness (QED) is 0.908. The van der Waals surface area contributed by atoms with E-state index >= 15 is 0 Å². The van der Waals surface area contributed by atoms with Crippen LogP contribution in [0.3, 0.4) is 0 Å². The molecule has 19 heavy (non-hydrogen) atoms. The lowest BCUT2D eigenvalue weighted by atomic mass is 10.2. The highest BCUT2D eigenvalue weighted by atomic mass is 32.1. The summed E-state index contributed by atoms with van der Waals surface area (Å²) in [4.78, 5) is 19.8. The first-order valence-corrected chi connectivity index (χ1v) is 6.98. The van der Waals surface area contributed by atoms with Gasteiger partial charge in [-0.3, -0.25) is 4.79 Å². The van der Waals surface area contributed by atoms with Crippen LogP contribution in [0.15, 0.2) is 18.3 Å². The van der Waals surface area contributed by atoms with Gasteiger partial charge in [-0.25, -0.2) is 4.98 Å². The molecule has 3 heterocycles. The molecule has 0 saturated carbocycles. The van der Waals surface area contributed by atoms with E-state index in [0.29, 0.717) is 23.8 Å². The maximum Gasteiger partial charge on any atom is 0.266 e. The van der Waals surface area contributed by atoms with Gasteiger partial charge in [0.1, 0.15) is 9.71 Å². The average Bonchev–Trinajstić information content (AvgIpc) is 3.06. The van der Waals surface area contributed by atoms with Crippen LogP contribution in [0, 0.1) is 0 Å². The van der Waals surface area contributed by atoms with Gasteiger partial charge >= 0.3 is 0 Å². The summed E-state index contributed by atoms with van der Waals surface area (Å²) in [6, 6.07) is 3.86. The normalized spacial score (nSPS) is 18.9. The van der Waals surface area contributed by atoms with Crippen molar-refractivity contribution >= 4 is 33.1 Å². The van der Waals surface area contributed by atoms with Gasteiger partial charge < -0.3 is 15.4 Å². The minimum Gasteiger partial charge on any atom is -0.397 e. The molecular weight excluding hydrogens is 262 g/mol. The molecular formula is C13H15N3O2S. The van der Waals surface area contributed by atoms with E-state index in [-0.39, 0.29) is 11.9 Å². The number of nitrogens with zero attached hydrogens (tertiary/aromatic N) is 2. The molecule has 100 valence electrons. The smallest absolute Gasteiger partial charge is 0.266 e. The number of hydrogen-bond acceptors (Lipinski definition) is 5. The first kappa shape index (κ1) is 12.4. The van der Waals surface area contributed by atoms with Gasteiger partial charge in [0, 0.05) is 25.2 Å². The van der Waals surface area contributed by atoms with E-state index in [1.165, 1.54) is 11.3 Å². The maximum atomic E-state index is 12.5. The van der Waals surface area contributed by atoms with Gasteiger partial charge in [0.2, 0.25) is 0 Å². The number of nitrogens with two attached hydrogens (primary N) is 1. The molecule has 0 aromatic carbocycles. The number of amides is 1. The molecule has 5 nitrogen and oxygen atoms in total. The Balaban J connectivity index is 1.94. The summed E-state index contributed by atoms with van der Waals surface area (Å²) in [5, 5.41) is 0.854. The number of rotatable bonds is 2.